The average molecular weight is 397 g/mol. The van der Waals surface area contributed by atoms with Gasteiger partial charge in [-0.15, -0.1) is 0 Å². The van der Waals surface area contributed by atoms with Crippen molar-refractivity contribution in [2.24, 2.45) is 0 Å². The van der Waals surface area contributed by atoms with Crippen molar-refractivity contribution in [2.75, 3.05) is 31.5 Å². The number of hydrogen-bond donors (Lipinski definition) is 1. The zero-order valence-corrected chi connectivity index (χ0v) is 15.8. The van der Waals surface area contributed by atoms with Crippen molar-refractivity contribution in [3.63, 3.8) is 0 Å². The molecule has 1 aromatic heterocycles. The van der Waals surface area contributed by atoms with Gasteiger partial charge in [0, 0.05) is 42.9 Å². The van der Waals surface area contributed by atoms with E-state index in [1.165, 1.54) is 0 Å². The third-order valence-corrected chi connectivity index (χ3v) is 4.99. The SMILES string of the molecule is CC1CN(CC2CCCN2C(=O)Nc2cncc(Br)c2)CC(C)O1. The molecule has 0 spiro atoms. The standard InChI is InChI=1S/C17H25BrN4O2/c1-12-9-21(10-13(2)24-12)11-16-4-3-5-22(16)17(23)20-15-6-14(18)7-19-8-15/h6-8,12-13,16H,3-5,9-11H2,1-2H3,(H,20,23). The number of hydrogen-bond acceptors (Lipinski definition) is 4. The Labute approximate surface area is 151 Å². The first-order valence-corrected chi connectivity index (χ1v) is 9.36. The van der Waals surface area contributed by atoms with Gasteiger partial charge in [-0.2, -0.15) is 0 Å². The molecule has 2 amide bonds. The Hall–Kier alpha value is -1.18. The van der Waals surface area contributed by atoms with Crippen LogP contribution in [0, 0.1) is 0 Å². The molecule has 0 bridgehead atoms. The third kappa shape index (κ3) is 4.46. The maximum atomic E-state index is 12.6. The maximum Gasteiger partial charge on any atom is 0.322 e. The molecular formula is C17H25BrN4O2. The number of aromatic nitrogens is 1. The van der Waals surface area contributed by atoms with Gasteiger partial charge in [-0.3, -0.25) is 9.88 Å². The monoisotopic (exact) mass is 396 g/mol. The molecule has 7 heteroatoms. The Bertz CT molecular complexity index is 575. The lowest BCUT2D eigenvalue weighted by atomic mass is 10.1. The Balaban J connectivity index is 1.59. The highest BCUT2D eigenvalue weighted by Crippen LogP contribution is 2.22. The first kappa shape index (κ1) is 17.6. The molecule has 2 aliphatic rings. The summed E-state index contributed by atoms with van der Waals surface area (Å²) >= 11 is 3.38. The van der Waals surface area contributed by atoms with Crippen LogP contribution in [0.1, 0.15) is 26.7 Å². The normalized spacial score (nSPS) is 28.1. The van der Waals surface area contributed by atoms with Gasteiger partial charge >= 0.3 is 6.03 Å². The van der Waals surface area contributed by atoms with Crippen molar-refractivity contribution in [3.8, 4) is 0 Å². The number of carbonyl (C=O) groups excluding carboxylic acids is 1. The number of nitrogens with one attached hydrogen (secondary N) is 1. The van der Waals surface area contributed by atoms with Crippen LogP contribution in [-0.4, -0.2) is 65.2 Å². The lowest BCUT2D eigenvalue weighted by Gasteiger charge is -2.38. The summed E-state index contributed by atoms with van der Waals surface area (Å²) in [5.74, 6) is 0. The summed E-state index contributed by atoms with van der Waals surface area (Å²) in [5, 5.41) is 2.96. The van der Waals surface area contributed by atoms with Crippen LogP contribution in [0.3, 0.4) is 0 Å². The van der Waals surface area contributed by atoms with Crippen LogP contribution < -0.4 is 5.32 Å². The summed E-state index contributed by atoms with van der Waals surface area (Å²) in [6.07, 6.45) is 6.00. The van der Waals surface area contributed by atoms with Crippen molar-refractivity contribution < 1.29 is 9.53 Å². The summed E-state index contributed by atoms with van der Waals surface area (Å²) in [6.45, 7) is 7.83. The second-order valence-electron chi connectivity index (χ2n) is 6.79. The molecule has 24 heavy (non-hydrogen) atoms. The van der Waals surface area contributed by atoms with Crippen molar-refractivity contribution in [2.45, 2.75) is 44.9 Å². The summed E-state index contributed by atoms with van der Waals surface area (Å²) in [4.78, 5) is 21.1. The Kier molecular flexibility index (Phi) is 5.73. The van der Waals surface area contributed by atoms with E-state index in [1.807, 2.05) is 11.0 Å². The number of morpholine rings is 1. The van der Waals surface area contributed by atoms with Gasteiger partial charge in [0.25, 0.3) is 0 Å². The first-order valence-electron chi connectivity index (χ1n) is 8.57. The Morgan fingerprint density at radius 3 is 2.83 bits per heavy atom. The van der Waals surface area contributed by atoms with Crippen molar-refractivity contribution in [3.05, 3.63) is 22.9 Å². The first-order chi connectivity index (χ1) is 11.5. The fourth-order valence-corrected chi connectivity index (χ4v) is 4.06. The molecule has 3 unspecified atom stereocenters. The molecule has 3 rings (SSSR count). The van der Waals surface area contributed by atoms with E-state index >= 15 is 0 Å². The zero-order valence-electron chi connectivity index (χ0n) is 14.2. The minimum absolute atomic E-state index is 0.0354. The fraction of sp³-hybridized carbons (Fsp3) is 0.647. The molecule has 1 aromatic rings. The van der Waals surface area contributed by atoms with E-state index in [-0.39, 0.29) is 24.3 Å². The van der Waals surface area contributed by atoms with Crippen LogP contribution in [-0.2, 0) is 4.74 Å². The number of nitrogens with zero attached hydrogens (tertiary/aromatic N) is 3. The predicted octanol–water partition coefficient (Wildman–Crippen LogP) is 2.95. The zero-order chi connectivity index (χ0) is 17.1. The number of rotatable bonds is 3. The summed E-state index contributed by atoms with van der Waals surface area (Å²) in [5.41, 5.74) is 0.716. The van der Waals surface area contributed by atoms with Crippen molar-refractivity contribution >= 4 is 27.6 Å². The summed E-state index contributed by atoms with van der Waals surface area (Å²) in [6, 6.07) is 2.09. The van der Waals surface area contributed by atoms with E-state index in [1.54, 1.807) is 12.4 Å². The highest BCUT2D eigenvalue weighted by atomic mass is 79.9. The van der Waals surface area contributed by atoms with Gasteiger partial charge < -0.3 is 15.0 Å². The number of pyridine rings is 1. The number of urea groups is 1. The predicted molar refractivity (Wildman–Crippen MR) is 97.1 cm³/mol. The lowest BCUT2D eigenvalue weighted by Crippen LogP contribution is -2.51. The van der Waals surface area contributed by atoms with Crippen LogP contribution >= 0.6 is 15.9 Å². The minimum atomic E-state index is -0.0354. The van der Waals surface area contributed by atoms with E-state index in [4.69, 9.17) is 4.74 Å². The quantitative estimate of drug-likeness (QED) is 0.852. The number of likely N-dealkylation sites (tertiary alicyclic amines) is 1. The molecule has 2 saturated heterocycles. The summed E-state index contributed by atoms with van der Waals surface area (Å²) in [7, 11) is 0. The van der Waals surface area contributed by atoms with E-state index < -0.39 is 0 Å². The fourth-order valence-electron chi connectivity index (χ4n) is 3.70. The number of anilines is 1. The molecule has 2 fully saturated rings. The molecule has 3 atom stereocenters. The molecular weight excluding hydrogens is 372 g/mol. The maximum absolute atomic E-state index is 12.6. The van der Waals surface area contributed by atoms with Gasteiger partial charge in [-0.1, -0.05) is 0 Å². The van der Waals surface area contributed by atoms with Crippen LogP contribution in [0.2, 0.25) is 0 Å². The van der Waals surface area contributed by atoms with E-state index in [0.717, 1.165) is 43.5 Å². The van der Waals surface area contributed by atoms with Crippen molar-refractivity contribution in [1.82, 2.24) is 14.8 Å². The van der Waals surface area contributed by atoms with Gasteiger partial charge in [0.2, 0.25) is 0 Å². The van der Waals surface area contributed by atoms with Crippen LogP contribution in [0.15, 0.2) is 22.9 Å². The largest absolute Gasteiger partial charge is 0.373 e. The lowest BCUT2D eigenvalue weighted by molar-refractivity contribution is -0.0712. The average Bonchev–Trinajstić information content (AvgIpc) is 2.94. The van der Waals surface area contributed by atoms with Gasteiger partial charge in [0.1, 0.15) is 0 Å². The Morgan fingerprint density at radius 1 is 1.38 bits per heavy atom. The van der Waals surface area contributed by atoms with E-state index in [2.05, 4.69) is 45.0 Å². The minimum Gasteiger partial charge on any atom is -0.373 e. The Morgan fingerprint density at radius 2 is 2.12 bits per heavy atom. The van der Waals surface area contributed by atoms with Gasteiger partial charge in [-0.05, 0) is 48.7 Å². The molecule has 0 radical (unpaired) electrons. The van der Waals surface area contributed by atoms with Gasteiger partial charge in [-0.25, -0.2) is 4.79 Å². The number of carbonyl (C=O) groups is 1. The highest BCUT2D eigenvalue weighted by molar-refractivity contribution is 9.10. The number of ether oxygens (including phenoxy) is 1. The van der Waals surface area contributed by atoms with E-state index in [9.17, 15) is 4.79 Å². The number of halogens is 1. The van der Waals surface area contributed by atoms with Gasteiger partial charge in [0.15, 0.2) is 0 Å². The van der Waals surface area contributed by atoms with Crippen molar-refractivity contribution in [1.29, 1.82) is 0 Å². The molecule has 132 valence electrons. The number of amides is 2. The molecule has 0 saturated carbocycles. The van der Waals surface area contributed by atoms with E-state index in [0.29, 0.717) is 5.69 Å². The highest BCUT2D eigenvalue weighted by Gasteiger charge is 2.32. The molecule has 6 nitrogen and oxygen atoms in total. The van der Waals surface area contributed by atoms with Crippen LogP contribution in [0.25, 0.3) is 0 Å². The molecule has 0 aliphatic carbocycles. The second-order valence-corrected chi connectivity index (χ2v) is 7.70. The molecule has 3 heterocycles. The second kappa shape index (κ2) is 7.80. The van der Waals surface area contributed by atoms with Crippen LogP contribution in [0.5, 0.6) is 0 Å². The molecule has 1 N–H and O–H groups in total. The third-order valence-electron chi connectivity index (χ3n) is 4.56. The summed E-state index contributed by atoms with van der Waals surface area (Å²) < 4.78 is 6.66. The van der Waals surface area contributed by atoms with Crippen LogP contribution in [0.4, 0.5) is 10.5 Å². The molecule has 2 aliphatic heterocycles. The smallest absolute Gasteiger partial charge is 0.322 e. The topological polar surface area (TPSA) is 57.7 Å². The van der Waals surface area contributed by atoms with Gasteiger partial charge in [0.05, 0.1) is 24.1 Å². The molecule has 0 aromatic carbocycles.